The van der Waals surface area contributed by atoms with E-state index in [4.69, 9.17) is 5.73 Å². The minimum Gasteiger partial charge on any atom is -0.364 e. The summed E-state index contributed by atoms with van der Waals surface area (Å²) in [7, 11) is 0. The maximum Gasteiger partial charge on any atom is 0.267 e. The predicted molar refractivity (Wildman–Crippen MR) is 59.1 cm³/mol. The van der Waals surface area contributed by atoms with E-state index in [0.717, 1.165) is 21.8 Å². The van der Waals surface area contributed by atoms with Gasteiger partial charge in [-0.3, -0.25) is 9.79 Å². The van der Waals surface area contributed by atoms with Gasteiger partial charge in [0.05, 0.1) is 11.4 Å². The molecule has 0 aliphatic carbocycles. The molecule has 3 rings (SSSR count). The lowest BCUT2D eigenvalue weighted by Crippen LogP contribution is -2.25. The number of nitrogens with two attached hydrogens (primary N) is 1. The number of carbonyl (C=O) groups is 1. The van der Waals surface area contributed by atoms with Gasteiger partial charge in [-0.15, -0.1) is 0 Å². The smallest absolute Gasteiger partial charge is 0.267 e. The van der Waals surface area contributed by atoms with Gasteiger partial charge in [-0.1, -0.05) is 0 Å². The van der Waals surface area contributed by atoms with Crippen LogP contribution in [-0.4, -0.2) is 17.8 Å². The zero-order chi connectivity index (χ0) is 10.4. The van der Waals surface area contributed by atoms with Crippen LogP contribution in [0.3, 0.4) is 0 Å². The van der Waals surface area contributed by atoms with Gasteiger partial charge in [-0.2, -0.15) is 0 Å². The van der Waals surface area contributed by atoms with Gasteiger partial charge in [0.1, 0.15) is 5.71 Å². The van der Waals surface area contributed by atoms with Crippen LogP contribution >= 0.6 is 0 Å². The minimum absolute atomic E-state index is 0.304. The average molecular weight is 197 g/mol. The maximum atomic E-state index is 11.0. The number of amides is 1. The van der Waals surface area contributed by atoms with Gasteiger partial charge in [0, 0.05) is 16.7 Å². The first-order valence-electron chi connectivity index (χ1n) is 4.53. The molecule has 1 aromatic carbocycles. The van der Waals surface area contributed by atoms with Crippen LogP contribution in [0.5, 0.6) is 0 Å². The van der Waals surface area contributed by atoms with E-state index in [1.165, 1.54) is 0 Å². The second-order valence-electron chi connectivity index (χ2n) is 3.38. The molecular formula is C11H7N3O. The molecule has 2 aliphatic rings. The first-order chi connectivity index (χ1) is 7.25. The summed E-state index contributed by atoms with van der Waals surface area (Å²) in [6, 6.07) is 3.73. The summed E-state index contributed by atoms with van der Waals surface area (Å²) in [6.45, 7) is 0. The van der Waals surface area contributed by atoms with Crippen molar-refractivity contribution in [2.24, 2.45) is 15.7 Å². The summed E-state index contributed by atoms with van der Waals surface area (Å²) in [5.74, 6) is -0.501. The third-order valence-electron chi connectivity index (χ3n) is 2.47. The van der Waals surface area contributed by atoms with E-state index in [9.17, 15) is 4.79 Å². The lowest BCUT2D eigenvalue weighted by molar-refractivity contribution is -0.111. The lowest BCUT2D eigenvalue weighted by atomic mass is 10.2. The first kappa shape index (κ1) is 8.11. The van der Waals surface area contributed by atoms with Crippen molar-refractivity contribution in [2.45, 2.75) is 0 Å². The van der Waals surface area contributed by atoms with E-state index >= 15 is 0 Å². The molecule has 15 heavy (non-hydrogen) atoms. The van der Waals surface area contributed by atoms with Crippen molar-refractivity contribution < 1.29 is 4.79 Å². The van der Waals surface area contributed by atoms with Crippen molar-refractivity contribution in [1.29, 1.82) is 0 Å². The number of benzene rings is 1. The summed E-state index contributed by atoms with van der Waals surface area (Å²) in [4.78, 5) is 19.3. The molecule has 0 bridgehead atoms. The third kappa shape index (κ3) is 1.05. The molecule has 4 heteroatoms. The molecule has 0 atom stereocenters. The van der Waals surface area contributed by atoms with Gasteiger partial charge in [-0.05, 0) is 24.3 Å². The van der Waals surface area contributed by atoms with E-state index in [1.54, 1.807) is 12.3 Å². The number of nitrogens with zero attached hydrogens (tertiary/aromatic N) is 2. The number of hydrogen-bond acceptors (Lipinski definition) is 3. The molecule has 2 aliphatic heterocycles. The quantitative estimate of drug-likeness (QED) is 0.650. The van der Waals surface area contributed by atoms with Crippen LogP contribution in [0.1, 0.15) is 0 Å². The molecule has 1 aromatic rings. The number of hydrogen-bond donors (Lipinski definition) is 1. The molecule has 72 valence electrons. The van der Waals surface area contributed by atoms with Crippen LogP contribution in [0.15, 0.2) is 22.1 Å². The van der Waals surface area contributed by atoms with Crippen LogP contribution < -0.4 is 16.2 Å². The number of carbonyl (C=O) groups excluding carboxylic acids is 1. The summed E-state index contributed by atoms with van der Waals surface area (Å²) in [5, 5.41) is 1.94. The zero-order valence-electron chi connectivity index (χ0n) is 7.77. The predicted octanol–water partition coefficient (Wildman–Crippen LogP) is -0.465. The fraction of sp³-hybridized carbons (Fsp3) is 0. The Bertz CT molecular complexity index is 653. The number of fused-ring (bicyclic) bond motifs is 3. The molecule has 2 N–H and O–H groups in total. The molecule has 0 saturated carbocycles. The molecule has 1 amide bonds. The largest absolute Gasteiger partial charge is 0.364 e. The summed E-state index contributed by atoms with van der Waals surface area (Å²) in [5.41, 5.74) is 7.17. The second-order valence-corrected chi connectivity index (χ2v) is 3.38. The van der Waals surface area contributed by atoms with Crippen molar-refractivity contribution in [3.63, 3.8) is 0 Å². The van der Waals surface area contributed by atoms with Crippen molar-refractivity contribution in [2.75, 3.05) is 0 Å². The molecule has 0 saturated heterocycles. The molecule has 0 spiro atoms. The topological polar surface area (TPSA) is 67.8 Å². The Morgan fingerprint density at radius 2 is 2.00 bits per heavy atom. The number of aliphatic imine (C=N–C) groups is 2. The van der Waals surface area contributed by atoms with Gasteiger partial charge in [-0.25, -0.2) is 4.99 Å². The molecule has 0 fully saturated rings. The summed E-state index contributed by atoms with van der Waals surface area (Å²) >= 11 is 0. The Balaban J connectivity index is 2.34. The normalized spacial score (nSPS) is 15.1. The highest BCUT2D eigenvalue weighted by Gasteiger charge is 2.13. The van der Waals surface area contributed by atoms with Crippen LogP contribution in [0.4, 0.5) is 11.4 Å². The third-order valence-corrected chi connectivity index (χ3v) is 2.47. The second kappa shape index (κ2) is 2.63. The Morgan fingerprint density at radius 3 is 2.80 bits per heavy atom. The monoisotopic (exact) mass is 197 g/mol. The van der Waals surface area contributed by atoms with E-state index in [-0.39, 0.29) is 0 Å². The van der Waals surface area contributed by atoms with Crippen LogP contribution in [-0.2, 0) is 4.79 Å². The van der Waals surface area contributed by atoms with E-state index in [2.05, 4.69) is 9.98 Å². The van der Waals surface area contributed by atoms with Crippen molar-refractivity contribution in [3.05, 3.63) is 22.6 Å². The van der Waals surface area contributed by atoms with Crippen molar-refractivity contribution in [3.8, 4) is 0 Å². The van der Waals surface area contributed by atoms with Gasteiger partial charge in [0.2, 0.25) is 0 Å². The standard InChI is InChI=1S/C11H7N3O/c12-11(15)10-5-7-6-3-4-13-8(6)1-2-9(7)14-10/h1-5H,(H2,12,15). The van der Waals surface area contributed by atoms with E-state index in [1.807, 2.05) is 18.2 Å². The van der Waals surface area contributed by atoms with Crippen LogP contribution in [0.2, 0.25) is 0 Å². The molecular weight excluding hydrogens is 190 g/mol. The van der Waals surface area contributed by atoms with Crippen LogP contribution in [0, 0.1) is 0 Å². The van der Waals surface area contributed by atoms with Gasteiger partial charge in [0.25, 0.3) is 5.91 Å². The zero-order valence-corrected chi connectivity index (χ0v) is 7.77. The van der Waals surface area contributed by atoms with E-state index < -0.39 is 5.91 Å². The Morgan fingerprint density at radius 1 is 1.20 bits per heavy atom. The van der Waals surface area contributed by atoms with E-state index in [0.29, 0.717) is 5.71 Å². The maximum absolute atomic E-state index is 11.0. The van der Waals surface area contributed by atoms with Crippen molar-refractivity contribution in [1.82, 2.24) is 0 Å². The number of primary amides is 1. The highest BCUT2D eigenvalue weighted by Crippen LogP contribution is 2.14. The Hall–Kier alpha value is -2.23. The first-order valence-corrected chi connectivity index (χ1v) is 4.53. The molecule has 0 radical (unpaired) electrons. The number of rotatable bonds is 1. The highest BCUT2D eigenvalue weighted by atomic mass is 16.1. The summed E-state index contributed by atoms with van der Waals surface area (Å²) in [6.07, 6.45) is 5.35. The van der Waals surface area contributed by atoms with Gasteiger partial charge < -0.3 is 5.73 Å². The Kier molecular flexibility index (Phi) is 1.42. The molecule has 0 aromatic heterocycles. The van der Waals surface area contributed by atoms with Gasteiger partial charge >= 0.3 is 0 Å². The van der Waals surface area contributed by atoms with Crippen LogP contribution in [0.25, 0.3) is 12.2 Å². The Labute approximate surface area is 85.2 Å². The summed E-state index contributed by atoms with van der Waals surface area (Å²) < 4.78 is 0. The minimum atomic E-state index is -0.501. The van der Waals surface area contributed by atoms with Crippen molar-refractivity contribution >= 4 is 41.4 Å². The SMILES string of the molecule is NC(=O)C1=Nc2ccc3c(c2=C1)=CC=N3. The molecule has 4 nitrogen and oxygen atoms in total. The molecule has 0 unspecified atom stereocenters. The molecule has 2 heterocycles. The lowest BCUT2D eigenvalue weighted by Gasteiger charge is -1.93. The average Bonchev–Trinajstić information content (AvgIpc) is 2.82. The van der Waals surface area contributed by atoms with Gasteiger partial charge in [0.15, 0.2) is 0 Å². The fourth-order valence-electron chi connectivity index (χ4n) is 1.77. The fourth-order valence-corrected chi connectivity index (χ4v) is 1.77. The highest BCUT2D eigenvalue weighted by molar-refractivity contribution is 6.51.